The SMILES string of the molecule is N#C[C@@H]1CC=C(F)CC1. The van der Waals surface area contributed by atoms with Gasteiger partial charge in [0.05, 0.1) is 17.8 Å². The van der Waals surface area contributed by atoms with E-state index in [2.05, 4.69) is 6.07 Å². The summed E-state index contributed by atoms with van der Waals surface area (Å²) in [7, 11) is 0. The van der Waals surface area contributed by atoms with Crippen LogP contribution in [0.4, 0.5) is 4.39 Å². The molecule has 0 N–H and O–H groups in total. The van der Waals surface area contributed by atoms with Crippen LogP contribution in [0.1, 0.15) is 19.3 Å². The van der Waals surface area contributed by atoms with Gasteiger partial charge in [-0.1, -0.05) is 6.08 Å². The smallest absolute Gasteiger partial charge is 0.0960 e. The Labute approximate surface area is 53.8 Å². The normalized spacial score (nSPS) is 26.7. The topological polar surface area (TPSA) is 23.8 Å². The van der Waals surface area contributed by atoms with Crippen LogP contribution in [0.2, 0.25) is 0 Å². The summed E-state index contributed by atoms with van der Waals surface area (Å²) in [5, 5.41) is 8.38. The number of rotatable bonds is 0. The van der Waals surface area contributed by atoms with Gasteiger partial charge < -0.3 is 0 Å². The molecule has 0 aromatic carbocycles. The summed E-state index contributed by atoms with van der Waals surface area (Å²) in [4.78, 5) is 0. The highest BCUT2D eigenvalue weighted by Gasteiger charge is 2.12. The van der Waals surface area contributed by atoms with E-state index < -0.39 is 0 Å². The van der Waals surface area contributed by atoms with Crippen molar-refractivity contribution in [2.45, 2.75) is 19.3 Å². The van der Waals surface area contributed by atoms with E-state index in [1.807, 2.05) is 0 Å². The third kappa shape index (κ3) is 1.53. The van der Waals surface area contributed by atoms with Gasteiger partial charge >= 0.3 is 0 Å². The Morgan fingerprint density at radius 3 is 3.00 bits per heavy atom. The largest absolute Gasteiger partial charge is 0.212 e. The van der Waals surface area contributed by atoms with E-state index in [0.29, 0.717) is 19.3 Å². The molecular formula is C7H8FN. The minimum atomic E-state index is -0.0542. The number of nitriles is 1. The van der Waals surface area contributed by atoms with Crippen LogP contribution in [0.5, 0.6) is 0 Å². The third-order valence-electron chi connectivity index (χ3n) is 1.54. The molecule has 1 aliphatic carbocycles. The Morgan fingerprint density at radius 1 is 1.78 bits per heavy atom. The summed E-state index contributed by atoms with van der Waals surface area (Å²) < 4.78 is 12.2. The first-order chi connectivity index (χ1) is 4.33. The van der Waals surface area contributed by atoms with E-state index in [-0.39, 0.29) is 11.7 Å². The van der Waals surface area contributed by atoms with Gasteiger partial charge in [-0.2, -0.15) is 5.26 Å². The van der Waals surface area contributed by atoms with E-state index in [1.54, 1.807) is 0 Å². The molecule has 0 fully saturated rings. The van der Waals surface area contributed by atoms with Crippen LogP contribution in [0.25, 0.3) is 0 Å². The molecule has 1 aliphatic rings. The molecule has 0 aliphatic heterocycles. The van der Waals surface area contributed by atoms with E-state index in [9.17, 15) is 4.39 Å². The van der Waals surface area contributed by atoms with Crippen molar-refractivity contribution < 1.29 is 4.39 Å². The fourth-order valence-corrected chi connectivity index (χ4v) is 0.919. The van der Waals surface area contributed by atoms with Gasteiger partial charge in [-0.3, -0.25) is 0 Å². The lowest BCUT2D eigenvalue weighted by molar-refractivity contribution is 0.486. The molecule has 0 aromatic rings. The zero-order chi connectivity index (χ0) is 6.69. The molecular weight excluding hydrogens is 117 g/mol. The summed E-state index contributed by atoms with van der Waals surface area (Å²) >= 11 is 0. The Morgan fingerprint density at radius 2 is 2.56 bits per heavy atom. The molecule has 48 valence electrons. The molecule has 1 rings (SSSR count). The second-order valence-electron chi connectivity index (χ2n) is 2.25. The van der Waals surface area contributed by atoms with Crippen molar-refractivity contribution in [1.82, 2.24) is 0 Å². The fraction of sp³-hybridized carbons (Fsp3) is 0.571. The lowest BCUT2D eigenvalue weighted by Crippen LogP contribution is -2.00. The lowest BCUT2D eigenvalue weighted by Gasteiger charge is -2.09. The summed E-state index contributed by atoms with van der Waals surface area (Å²) in [6.07, 6.45) is 3.26. The molecule has 0 amide bonds. The maximum Gasteiger partial charge on any atom is 0.0960 e. The third-order valence-corrected chi connectivity index (χ3v) is 1.54. The molecule has 0 unspecified atom stereocenters. The zero-order valence-corrected chi connectivity index (χ0v) is 5.10. The van der Waals surface area contributed by atoms with Crippen molar-refractivity contribution in [1.29, 1.82) is 5.26 Å². The Bertz CT molecular complexity index is 166. The standard InChI is InChI=1S/C7H8FN/c8-7-3-1-6(5-9)2-4-7/h3,6H,1-2,4H2/t6-/m1/s1. The van der Waals surface area contributed by atoms with Gasteiger partial charge in [-0.25, -0.2) is 4.39 Å². The maximum atomic E-state index is 12.2. The molecule has 2 heteroatoms. The second kappa shape index (κ2) is 2.63. The summed E-state index contributed by atoms with van der Waals surface area (Å²) in [6.45, 7) is 0. The molecule has 0 bridgehead atoms. The van der Waals surface area contributed by atoms with Crippen LogP contribution < -0.4 is 0 Å². The molecule has 9 heavy (non-hydrogen) atoms. The number of halogens is 1. The van der Waals surface area contributed by atoms with Crippen LogP contribution in [0.15, 0.2) is 11.9 Å². The van der Waals surface area contributed by atoms with Crippen molar-refractivity contribution >= 4 is 0 Å². The Hall–Kier alpha value is -0.840. The van der Waals surface area contributed by atoms with Gasteiger partial charge in [0.15, 0.2) is 0 Å². The molecule has 1 nitrogen and oxygen atoms in total. The quantitative estimate of drug-likeness (QED) is 0.486. The first-order valence-corrected chi connectivity index (χ1v) is 3.07. The van der Waals surface area contributed by atoms with E-state index in [0.717, 1.165) is 0 Å². The van der Waals surface area contributed by atoms with Crippen molar-refractivity contribution in [3.05, 3.63) is 11.9 Å². The van der Waals surface area contributed by atoms with E-state index in [1.165, 1.54) is 6.08 Å². The summed E-state index contributed by atoms with van der Waals surface area (Å²) in [5.41, 5.74) is 0. The van der Waals surface area contributed by atoms with Gasteiger partial charge in [-0.05, 0) is 12.8 Å². The lowest BCUT2D eigenvalue weighted by atomic mass is 9.95. The predicted molar refractivity (Wildman–Crippen MR) is 32.1 cm³/mol. The molecule has 0 aromatic heterocycles. The van der Waals surface area contributed by atoms with Gasteiger partial charge in [0, 0.05) is 6.42 Å². The zero-order valence-electron chi connectivity index (χ0n) is 5.10. The average Bonchev–Trinajstić information content (AvgIpc) is 1.90. The fourth-order valence-electron chi connectivity index (χ4n) is 0.919. The minimum absolute atomic E-state index is 0.0542. The Balaban J connectivity index is 2.48. The van der Waals surface area contributed by atoms with Crippen LogP contribution in [0, 0.1) is 17.2 Å². The molecule has 0 heterocycles. The van der Waals surface area contributed by atoms with E-state index >= 15 is 0 Å². The predicted octanol–water partition coefficient (Wildman–Crippen LogP) is 2.16. The van der Waals surface area contributed by atoms with Gasteiger partial charge in [-0.15, -0.1) is 0 Å². The monoisotopic (exact) mass is 125 g/mol. The highest BCUT2D eigenvalue weighted by atomic mass is 19.1. The first-order valence-electron chi connectivity index (χ1n) is 3.07. The molecule has 0 saturated carbocycles. The van der Waals surface area contributed by atoms with Crippen LogP contribution in [-0.2, 0) is 0 Å². The van der Waals surface area contributed by atoms with Gasteiger partial charge in [0.25, 0.3) is 0 Å². The molecule has 1 atom stereocenters. The van der Waals surface area contributed by atoms with E-state index in [4.69, 9.17) is 5.26 Å². The second-order valence-corrected chi connectivity index (χ2v) is 2.25. The summed E-state index contributed by atoms with van der Waals surface area (Å²) in [5.74, 6) is 0.00556. The maximum absolute atomic E-state index is 12.2. The number of nitrogens with zero attached hydrogens (tertiary/aromatic N) is 1. The molecule has 0 radical (unpaired) electrons. The van der Waals surface area contributed by atoms with Crippen molar-refractivity contribution in [3.63, 3.8) is 0 Å². The highest BCUT2D eigenvalue weighted by molar-refractivity contribution is 5.02. The van der Waals surface area contributed by atoms with Crippen LogP contribution in [-0.4, -0.2) is 0 Å². The molecule has 0 spiro atoms. The molecule has 0 saturated heterocycles. The number of allylic oxidation sites excluding steroid dienone is 2. The summed E-state index contributed by atoms with van der Waals surface area (Å²) in [6, 6.07) is 2.11. The van der Waals surface area contributed by atoms with Crippen molar-refractivity contribution in [3.8, 4) is 6.07 Å². The average molecular weight is 125 g/mol. The number of hydrogen-bond donors (Lipinski definition) is 0. The minimum Gasteiger partial charge on any atom is -0.212 e. The van der Waals surface area contributed by atoms with Gasteiger partial charge in [0.1, 0.15) is 0 Å². The number of hydrogen-bond acceptors (Lipinski definition) is 1. The van der Waals surface area contributed by atoms with Crippen LogP contribution >= 0.6 is 0 Å². The van der Waals surface area contributed by atoms with Crippen LogP contribution in [0.3, 0.4) is 0 Å². The first kappa shape index (κ1) is 6.28. The Kier molecular flexibility index (Phi) is 1.84. The highest BCUT2D eigenvalue weighted by Crippen LogP contribution is 2.22. The van der Waals surface area contributed by atoms with Crippen molar-refractivity contribution in [2.24, 2.45) is 5.92 Å². The van der Waals surface area contributed by atoms with Crippen molar-refractivity contribution in [2.75, 3.05) is 0 Å². The van der Waals surface area contributed by atoms with Gasteiger partial charge in [0.2, 0.25) is 0 Å².